The van der Waals surface area contributed by atoms with Crippen LogP contribution in [0.15, 0.2) is 34.1 Å². The lowest BCUT2D eigenvalue weighted by Gasteiger charge is -2.13. The van der Waals surface area contributed by atoms with Gasteiger partial charge < -0.3 is 10.5 Å². The Morgan fingerprint density at radius 3 is 2.78 bits per heavy atom. The minimum absolute atomic E-state index is 0.00468. The van der Waals surface area contributed by atoms with Crippen LogP contribution in [-0.4, -0.2) is 7.11 Å². The molecule has 2 rings (SSSR count). The number of ether oxygens (including phenoxy) is 1. The molecule has 0 aliphatic rings. The van der Waals surface area contributed by atoms with E-state index in [1.165, 1.54) is 4.88 Å². The molecule has 0 bridgehead atoms. The van der Waals surface area contributed by atoms with E-state index < -0.39 is 0 Å². The van der Waals surface area contributed by atoms with Crippen LogP contribution in [0.25, 0.3) is 0 Å². The summed E-state index contributed by atoms with van der Waals surface area (Å²) >= 11 is 5.19. The first-order valence-corrected chi connectivity index (χ1v) is 7.40. The lowest BCUT2D eigenvalue weighted by atomic mass is 10.0. The molecule has 0 fully saturated rings. The van der Waals surface area contributed by atoms with Crippen molar-refractivity contribution >= 4 is 27.3 Å². The van der Waals surface area contributed by atoms with Gasteiger partial charge in [-0.05, 0) is 46.1 Å². The number of methoxy groups -OCH3 is 1. The quantitative estimate of drug-likeness (QED) is 0.919. The topological polar surface area (TPSA) is 35.2 Å². The Bertz CT molecular complexity index is 538. The number of aryl methyl sites for hydroxylation is 1. The van der Waals surface area contributed by atoms with Gasteiger partial charge in [0.15, 0.2) is 0 Å². The summed E-state index contributed by atoms with van der Waals surface area (Å²) in [6, 6.07) is 8.28. The summed E-state index contributed by atoms with van der Waals surface area (Å²) in [6.45, 7) is 2.03. The van der Waals surface area contributed by atoms with Crippen molar-refractivity contribution in [3.8, 4) is 5.75 Å². The second-order valence-corrected chi connectivity index (χ2v) is 6.18. The largest absolute Gasteiger partial charge is 0.496 e. The molecule has 96 valence electrons. The molecule has 18 heavy (non-hydrogen) atoms. The van der Waals surface area contributed by atoms with Crippen molar-refractivity contribution in [2.75, 3.05) is 7.11 Å². The number of hydrogen-bond acceptors (Lipinski definition) is 3. The van der Waals surface area contributed by atoms with Crippen molar-refractivity contribution < 1.29 is 4.74 Å². The van der Waals surface area contributed by atoms with Gasteiger partial charge in [-0.3, -0.25) is 0 Å². The molecule has 2 nitrogen and oxygen atoms in total. The fourth-order valence-corrected chi connectivity index (χ4v) is 3.37. The van der Waals surface area contributed by atoms with Crippen LogP contribution in [0.4, 0.5) is 0 Å². The highest BCUT2D eigenvalue weighted by Gasteiger charge is 2.10. The lowest BCUT2D eigenvalue weighted by Crippen LogP contribution is -2.12. The van der Waals surface area contributed by atoms with Crippen LogP contribution in [-0.2, 0) is 6.42 Å². The maximum Gasteiger partial charge on any atom is 0.122 e. The van der Waals surface area contributed by atoms with E-state index in [-0.39, 0.29) is 6.04 Å². The summed E-state index contributed by atoms with van der Waals surface area (Å²) in [5.41, 5.74) is 8.49. The van der Waals surface area contributed by atoms with E-state index in [0.717, 1.165) is 27.8 Å². The molecule has 1 aromatic carbocycles. The maximum atomic E-state index is 6.25. The first-order valence-electron chi connectivity index (χ1n) is 5.73. The van der Waals surface area contributed by atoms with Crippen LogP contribution >= 0.6 is 27.3 Å². The van der Waals surface area contributed by atoms with E-state index in [0.29, 0.717) is 0 Å². The highest BCUT2D eigenvalue weighted by Crippen LogP contribution is 2.27. The zero-order valence-corrected chi connectivity index (χ0v) is 12.8. The van der Waals surface area contributed by atoms with Crippen molar-refractivity contribution in [3.05, 3.63) is 50.1 Å². The molecule has 2 aromatic rings. The van der Waals surface area contributed by atoms with Crippen molar-refractivity contribution in [2.24, 2.45) is 5.73 Å². The molecule has 1 heterocycles. The van der Waals surface area contributed by atoms with Crippen LogP contribution in [0, 0.1) is 6.92 Å². The summed E-state index contributed by atoms with van der Waals surface area (Å²) < 4.78 is 6.45. The lowest BCUT2D eigenvalue weighted by molar-refractivity contribution is 0.410. The zero-order chi connectivity index (χ0) is 13.1. The van der Waals surface area contributed by atoms with Crippen LogP contribution in [0.1, 0.15) is 22.0 Å². The summed E-state index contributed by atoms with van der Waals surface area (Å²) in [5.74, 6) is 0.898. The van der Waals surface area contributed by atoms with E-state index >= 15 is 0 Å². The standard InChI is InChI=1S/C14H16BrNOS/c1-9-3-4-10(5-14(9)17-2)13(16)7-12-6-11(15)8-18-12/h3-6,8,13H,7,16H2,1-2H3. The van der Waals surface area contributed by atoms with Crippen molar-refractivity contribution in [2.45, 2.75) is 19.4 Å². The molecule has 1 atom stereocenters. The Kier molecular flexibility index (Phi) is 4.43. The van der Waals surface area contributed by atoms with Crippen LogP contribution in [0.5, 0.6) is 5.75 Å². The first-order chi connectivity index (χ1) is 8.60. The minimum atomic E-state index is 0.00468. The fourth-order valence-electron chi connectivity index (χ4n) is 1.86. The van der Waals surface area contributed by atoms with E-state index in [2.05, 4.69) is 39.5 Å². The van der Waals surface area contributed by atoms with Crippen LogP contribution < -0.4 is 10.5 Å². The molecule has 0 radical (unpaired) electrons. The SMILES string of the molecule is COc1cc(C(N)Cc2cc(Br)cs2)ccc1C. The number of thiophene rings is 1. The van der Waals surface area contributed by atoms with Gasteiger partial charge >= 0.3 is 0 Å². The highest BCUT2D eigenvalue weighted by atomic mass is 79.9. The first kappa shape index (κ1) is 13.6. The summed E-state index contributed by atoms with van der Waals surface area (Å²) in [5, 5.41) is 2.08. The third-order valence-corrected chi connectivity index (χ3v) is 4.62. The second-order valence-electron chi connectivity index (χ2n) is 4.27. The number of nitrogens with two attached hydrogens (primary N) is 1. The van der Waals surface area contributed by atoms with Gasteiger partial charge in [0.05, 0.1) is 7.11 Å². The van der Waals surface area contributed by atoms with Gasteiger partial charge in [-0.2, -0.15) is 0 Å². The molecule has 2 N–H and O–H groups in total. The van der Waals surface area contributed by atoms with E-state index in [1.807, 2.05) is 13.0 Å². The van der Waals surface area contributed by atoms with Crippen LogP contribution in [0.2, 0.25) is 0 Å². The minimum Gasteiger partial charge on any atom is -0.496 e. The Morgan fingerprint density at radius 2 is 2.17 bits per heavy atom. The predicted octanol–water partition coefficient (Wildman–Crippen LogP) is 4.07. The predicted molar refractivity (Wildman–Crippen MR) is 80.4 cm³/mol. The molecule has 0 aliphatic heterocycles. The van der Waals surface area contributed by atoms with Crippen molar-refractivity contribution in [1.82, 2.24) is 0 Å². The molecule has 0 saturated heterocycles. The number of rotatable bonds is 4. The van der Waals surface area contributed by atoms with Gasteiger partial charge in [0.25, 0.3) is 0 Å². The highest BCUT2D eigenvalue weighted by molar-refractivity contribution is 9.10. The molecule has 4 heteroatoms. The maximum absolute atomic E-state index is 6.25. The number of benzene rings is 1. The Labute approximate surface area is 120 Å². The average Bonchev–Trinajstić information content (AvgIpc) is 2.75. The molecular weight excluding hydrogens is 310 g/mol. The smallest absolute Gasteiger partial charge is 0.122 e. The fraction of sp³-hybridized carbons (Fsp3) is 0.286. The number of halogens is 1. The van der Waals surface area contributed by atoms with Gasteiger partial charge in [0.2, 0.25) is 0 Å². The third kappa shape index (κ3) is 3.13. The van der Waals surface area contributed by atoms with Gasteiger partial charge in [-0.25, -0.2) is 0 Å². The number of hydrogen-bond donors (Lipinski definition) is 1. The second kappa shape index (κ2) is 5.87. The van der Waals surface area contributed by atoms with E-state index in [1.54, 1.807) is 18.4 Å². The summed E-state index contributed by atoms with van der Waals surface area (Å²) in [6.07, 6.45) is 0.850. The normalized spacial score (nSPS) is 12.4. The third-order valence-electron chi connectivity index (χ3n) is 2.90. The average molecular weight is 326 g/mol. The van der Waals surface area contributed by atoms with Gasteiger partial charge in [-0.1, -0.05) is 12.1 Å². The molecular formula is C14H16BrNOS. The Balaban J connectivity index is 2.15. The van der Waals surface area contributed by atoms with Crippen LogP contribution in [0.3, 0.4) is 0 Å². The Hall–Kier alpha value is -0.840. The Morgan fingerprint density at radius 1 is 1.39 bits per heavy atom. The van der Waals surface area contributed by atoms with Gasteiger partial charge in [0.1, 0.15) is 5.75 Å². The zero-order valence-electron chi connectivity index (χ0n) is 10.4. The van der Waals surface area contributed by atoms with Gasteiger partial charge in [-0.15, -0.1) is 11.3 Å². The molecule has 0 amide bonds. The summed E-state index contributed by atoms with van der Waals surface area (Å²) in [4.78, 5) is 1.29. The molecule has 0 aliphatic carbocycles. The molecule has 1 unspecified atom stereocenters. The molecule has 0 saturated carbocycles. The molecule has 1 aromatic heterocycles. The molecule has 0 spiro atoms. The van der Waals surface area contributed by atoms with Crippen molar-refractivity contribution in [1.29, 1.82) is 0 Å². The van der Waals surface area contributed by atoms with Gasteiger partial charge in [0, 0.05) is 27.2 Å². The van der Waals surface area contributed by atoms with E-state index in [9.17, 15) is 0 Å². The summed E-state index contributed by atoms with van der Waals surface area (Å²) in [7, 11) is 1.69. The van der Waals surface area contributed by atoms with Crippen molar-refractivity contribution in [3.63, 3.8) is 0 Å². The van der Waals surface area contributed by atoms with E-state index in [4.69, 9.17) is 10.5 Å². The monoisotopic (exact) mass is 325 g/mol.